The first-order valence-corrected chi connectivity index (χ1v) is 7.43. The van der Waals surface area contributed by atoms with Crippen molar-refractivity contribution >= 4 is 0 Å². The van der Waals surface area contributed by atoms with Gasteiger partial charge in [-0.15, -0.1) is 0 Å². The van der Waals surface area contributed by atoms with E-state index in [1.807, 2.05) is 18.5 Å². The normalized spacial score (nSPS) is 24.4. The number of nitrogens with one attached hydrogen (secondary N) is 2. The number of pyridine rings is 1. The monoisotopic (exact) mass is 261 g/mol. The zero-order chi connectivity index (χ0) is 13.7. The maximum Gasteiger partial charge on any atom is 0.0312 e. The minimum absolute atomic E-state index is 0.237. The lowest BCUT2D eigenvalue weighted by molar-refractivity contribution is 0.261. The van der Waals surface area contributed by atoms with E-state index in [1.165, 1.54) is 31.2 Å². The van der Waals surface area contributed by atoms with Crippen LogP contribution in [0.5, 0.6) is 0 Å². The van der Waals surface area contributed by atoms with E-state index in [2.05, 4.69) is 42.5 Å². The van der Waals surface area contributed by atoms with Crippen LogP contribution in [0.3, 0.4) is 0 Å². The highest BCUT2D eigenvalue weighted by molar-refractivity contribution is 5.08. The Bertz CT molecular complexity index is 361. The smallest absolute Gasteiger partial charge is 0.0312 e. The quantitative estimate of drug-likeness (QED) is 0.875. The Morgan fingerprint density at radius 2 is 1.84 bits per heavy atom. The minimum Gasteiger partial charge on any atom is -0.310 e. The van der Waals surface area contributed by atoms with Crippen molar-refractivity contribution in [3.05, 3.63) is 30.1 Å². The average Bonchev–Trinajstić information content (AvgIpc) is 2.37. The number of hydrogen-bond acceptors (Lipinski definition) is 3. The Balaban J connectivity index is 1.69. The molecule has 3 heteroatoms. The van der Waals surface area contributed by atoms with E-state index < -0.39 is 0 Å². The largest absolute Gasteiger partial charge is 0.310 e. The van der Waals surface area contributed by atoms with Crippen LogP contribution in [0, 0.1) is 0 Å². The van der Waals surface area contributed by atoms with Gasteiger partial charge in [0.25, 0.3) is 0 Å². The molecule has 2 rings (SSSR count). The van der Waals surface area contributed by atoms with Crippen molar-refractivity contribution in [3.63, 3.8) is 0 Å². The van der Waals surface area contributed by atoms with Crippen LogP contribution in [0.1, 0.15) is 52.0 Å². The second kappa shape index (κ2) is 6.49. The van der Waals surface area contributed by atoms with Crippen LogP contribution in [0.4, 0.5) is 0 Å². The summed E-state index contributed by atoms with van der Waals surface area (Å²) in [6, 6.07) is 5.49. The van der Waals surface area contributed by atoms with Crippen LogP contribution in [0.2, 0.25) is 0 Å². The molecule has 0 atom stereocenters. The first-order valence-electron chi connectivity index (χ1n) is 7.43. The van der Waals surface area contributed by atoms with Crippen molar-refractivity contribution in [2.45, 2.75) is 70.6 Å². The topological polar surface area (TPSA) is 37.0 Å². The SMILES string of the molecule is CC(C)(C)NC1CCC(NCc2cccnc2)CC1. The standard InChI is InChI=1S/C16H27N3/c1-16(2,3)19-15-8-6-14(7-9-15)18-12-13-5-4-10-17-11-13/h4-5,10-11,14-15,18-19H,6-9,12H2,1-3H3. The highest BCUT2D eigenvalue weighted by Crippen LogP contribution is 2.21. The molecule has 0 unspecified atom stereocenters. The summed E-state index contributed by atoms with van der Waals surface area (Å²) in [5, 5.41) is 7.37. The summed E-state index contributed by atoms with van der Waals surface area (Å²) in [6.07, 6.45) is 8.87. The van der Waals surface area contributed by atoms with Gasteiger partial charge in [-0.25, -0.2) is 0 Å². The van der Waals surface area contributed by atoms with Crippen LogP contribution >= 0.6 is 0 Å². The van der Waals surface area contributed by atoms with Crippen molar-refractivity contribution in [3.8, 4) is 0 Å². The van der Waals surface area contributed by atoms with E-state index in [9.17, 15) is 0 Å². The van der Waals surface area contributed by atoms with Gasteiger partial charge in [0.1, 0.15) is 0 Å². The fourth-order valence-corrected chi connectivity index (χ4v) is 2.82. The fraction of sp³-hybridized carbons (Fsp3) is 0.688. The molecule has 0 aromatic carbocycles. The lowest BCUT2D eigenvalue weighted by Crippen LogP contribution is -2.47. The van der Waals surface area contributed by atoms with Gasteiger partial charge in [-0.05, 0) is 58.1 Å². The van der Waals surface area contributed by atoms with Crippen LogP contribution < -0.4 is 10.6 Å². The molecule has 0 amide bonds. The van der Waals surface area contributed by atoms with Crippen LogP contribution in [0.25, 0.3) is 0 Å². The molecule has 106 valence electrons. The summed E-state index contributed by atoms with van der Waals surface area (Å²) in [5.41, 5.74) is 1.51. The van der Waals surface area contributed by atoms with E-state index in [-0.39, 0.29) is 5.54 Å². The van der Waals surface area contributed by atoms with Crippen LogP contribution in [0.15, 0.2) is 24.5 Å². The molecule has 1 heterocycles. The Hall–Kier alpha value is -0.930. The average molecular weight is 261 g/mol. The molecule has 0 aliphatic heterocycles. The molecule has 1 aliphatic carbocycles. The number of aromatic nitrogens is 1. The van der Waals surface area contributed by atoms with E-state index >= 15 is 0 Å². The summed E-state index contributed by atoms with van der Waals surface area (Å²) in [7, 11) is 0. The van der Waals surface area contributed by atoms with Crippen molar-refractivity contribution < 1.29 is 0 Å². The zero-order valence-corrected chi connectivity index (χ0v) is 12.4. The Kier molecular flexibility index (Phi) is 4.94. The lowest BCUT2D eigenvalue weighted by atomic mass is 9.89. The van der Waals surface area contributed by atoms with Gasteiger partial charge >= 0.3 is 0 Å². The van der Waals surface area contributed by atoms with E-state index in [0.717, 1.165) is 6.54 Å². The molecule has 1 aromatic heterocycles. The maximum absolute atomic E-state index is 4.15. The number of hydrogen-bond donors (Lipinski definition) is 2. The summed E-state index contributed by atoms with van der Waals surface area (Å²) < 4.78 is 0. The molecule has 3 nitrogen and oxygen atoms in total. The third kappa shape index (κ3) is 5.29. The molecule has 0 bridgehead atoms. The van der Waals surface area contributed by atoms with Crippen molar-refractivity contribution in [2.75, 3.05) is 0 Å². The molecular formula is C16H27N3. The Morgan fingerprint density at radius 3 is 2.42 bits per heavy atom. The molecule has 1 aromatic rings. The number of nitrogens with zero attached hydrogens (tertiary/aromatic N) is 1. The molecule has 19 heavy (non-hydrogen) atoms. The maximum atomic E-state index is 4.15. The number of rotatable bonds is 4. The Labute approximate surface area is 117 Å². The summed E-state index contributed by atoms with van der Waals surface area (Å²) in [4.78, 5) is 4.15. The van der Waals surface area contributed by atoms with Crippen LogP contribution in [-0.4, -0.2) is 22.6 Å². The molecule has 0 spiro atoms. The van der Waals surface area contributed by atoms with Crippen molar-refractivity contribution in [1.29, 1.82) is 0 Å². The second-order valence-corrected chi connectivity index (χ2v) is 6.69. The predicted molar refractivity (Wildman–Crippen MR) is 80.0 cm³/mol. The second-order valence-electron chi connectivity index (χ2n) is 6.69. The first-order chi connectivity index (χ1) is 9.03. The van der Waals surface area contributed by atoms with Gasteiger partial charge in [-0.3, -0.25) is 4.98 Å². The van der Waals surface area contributed by atoms with E-state index in [4.69, 9.17) is 0 Å². The van der Waals surface area contributed by atoms with Gasteiger partial charge in [0.05, 0.1) is 0 Å². The highest BCUT2D eigenvalue weighted by Gasteiger charge is 2.23. The molecule has 1 aliphatic rings. The highest BCUT2D eigenvalue weighted by atomic mass is 15.0. The van der Waals surface area contributed by atoms with Crippen LogP contribution in [-0.2, 0) is 6.54 Å². The van der Waals surface area contributed by atoms with Gasteiger partial charge in [-0.1, -0.05) is 6.07 Å². The molecule has 1 saturated carbocycles. The van der Waals surface area contributed by atoms with Gasteiger partial charge in [0.2, 0.25) is 0 Å². The van der Waals surface area contributed by atoms with Gasteiger partial charge in [0, 0.05) is 36.6 Å². The molecule has 0 radical (unpaired) electrons. The van der Waals surface area contributed by atoms with Crippen molar-refractivity contribution in [2.24, 2.45) is 0 Å². The predicted octanol–water partition coefficient (Wildman–Crippen LogP) is 2.87. The van der Waals surface area contributed by atoms with Gasteiger partial charge < -0.3 is 10.6 Å². The first kappa shape index (κ1) is 14.5. The molecule has 0 saturated heterocycles. The van der Waals surface area contributed by atoms with E-state index in [1.54, 1.807) is 0 Å². The summed E-state index contributed by atoms with van der Waals surface area (Å²) in [6.45, 7) is 7.69. The summed E-state index contributed by atoms with van der Waals surface area (Å²) in [5.74, 6) is 0. The zero-order valence-electron chi connectivity index (χ0n) is 12.4. The van der Waals surface area contributed by atoms with Gasteiger partial charge in [-0.2, -0.15) is 0 Å². The van der Waals surface area contributed by atoms with Crippen molar-refractivity contribution in [1.82, 2.24) is 15.6 Å². The molecular weight excluding hydrogens is 234 g/mol. The third-order valence-electron chi connectivity index (χ3n) is 3.68. The molecule has 2 N–H and O–H groups in total. The molecule has 1 fully saturated rings. The van der Waals surface area contributed by atoms with E-state index in [0.29, 0.717) is 12.1 Å². The van der Waals surface area contributed by atoms with Gasteiger partial charge in [0.15, 0.2) is 0 Å². The summed E-state index contributed by atoms with van der Waals surface area (Å²) >= 11 is 0. The minimum atomic E-state index is 0.237. The lowest BCUT2D eigenvalue weighted by Gasteiger charge is -2.34. The Morgan fingerprint density at radius 1 is 1.16 bits per heavy atom. The third-order valence-corrected chi connectivity index (χ3v) is 3.68. The fourth-order valence-electron chi connectivity index (χ4n) is 2.82.